The maximum Gasteiger partial charge on any atom is 0.494 e. The molecule has 0 unspecified atom stereocenters. The van der Waals surface area contributed by atoms with Gasteiger partial charge in [0.2, 0.25) is 0 Å². The second kappa shape index (κ2) is 15.9. The molecule has 5 heterocycles. The van der Waals surface area contributed by atoms with Gasteiger partial charge in [0.25, 0.3) is 0 Å². The first-order valence-electron chi connectivity index (χ1n) is 19.3. The van der Waals surface area contributed by atoms with E-state index in [0.717, 1.165) is 56.0 Å². The summed E-state index contributed by atoms with van der Waals surface area (Å²) in [5, 5.41) is 0.725. The van der Waals surface area contributed by atoms with E-state index in [-0.39, 0.29) is 40.7 Å². The van der Waals surface area contributed by atoms with Crippen LogP contribution in [0.5, 0.6) is 0 Å². The fourth-order valence-corrected chi connectivity index (χ4v) is 6.20. The van der Waals surface area contributed by atoms with Crippen LogP contribution in [0.1, 0.15) is 106 Å². The number of rotatable bonds is 4. The van der Waals surface area contributed by atoms with E-state index in [1.165, 1.54) is 0 Å². The number of benzene rings is 2. The third-order valence-corrected chi connectivity index (χ3v) is 11.8. The van der Waals surface area contributed by atoms with Gasteiger partial charge in [-0.05, 0) is 153 Å². The Morgan fingerprint density at radius 3 is 0.982 bits per heavy atom. The van der Waals surface area contributed by atoms with Crippen LogP contribution in [0.2, 0.25) is 5.02 Å². The molecule has 10 nitrogen and oxygen atoms in total. The van der Waals surface area contributed by atoms with Gasteiger partial charge >= 0.3 is 21.1 Å². The minimum absolute atomic E-state index is 0.326. The molecule has 0 aliphatic carbocycles. The summed E-state index contributed by atoms with van der Waals surface area (Å²) in [4.78, 5) is 17.8. The second-order valence-electron chi connectivity index (χ2n) is 17.9. The lowest BCUT2D eigenvalue weighted by molar-refractivity contribution is 0.00578. The molecule has 3 fully saturated rings. The first-order chi connectivity index (χ1) is 25.7. The molecule has 0 N–H and O–H groups in total. The standard InChI is InChI=1S/C18H23BN2O2.C12H24B2O4.C12H11ClN2/c1-12-11-13(2)21-16(20-12)14-7-9-15(10-8-14)19-22-17(3,4)18(5,6)23-19;1-9(2)10(3,4)16-13(15-9)14-17-11(5,6)12(7,8)18-14;1-8-7-9(2)15-12(14-8)10-3-5-11(13)6-4-10/h7-11H,1-6H3;1-8H3;3-7H,1-2H3. The highest BCUT2D eigenvalue weighted by Gasteiger charge is 2.63. The van der Waals surface area contributed by atoms with E-state index in [4.69, 9.17) is 39.5 Å². The van der Waals surface area contributed by atoms with Crippen molar-refractivity contribution in [1.82, 2.24) is 19.9 Å². The predicted molar refractivity (Wildman–Crippen MR) is 227 cm³/mol. The summed E-state index contributed by atoms with van der Waals surface area (Å²) in [6.45, 7) is 32.3. The largest absolute Gasteiger partial charge is 0.494 e. The molecule has 7 rings (SSSR count). The predicted octanol–water partition coefficient (Wildman–Crippen LogP) is 8.72. The highest BCUT2D eigenvalue weighted by molar-refractivity contribution is 7.11. The van der Waals surface area contributed by atoms with Gasteiger partial charge in [0, 0.05) is 38.9 Å². The Kier molecular flexibility index (Phi) is 12.5. The maximum atomic E-state index is 6.08. The monoisotopic (exact) mass is 782 g/mol. The average molecular weight is 783 g/mol. The molecule has 3 aliphatic heterocycles. The molecule has 0 bridgehead atoms. The molecule has 298 valence electrons. The van der Waals surface area contributed by atoms with Crippen LogP contribution in [0, 0.1) is 27.7 Å². The Hall–Kier alpha value is -3.16. The minimum atomic E-state index is -0.476. The van der Waals surface area contributed by atoms with E-state index < -0.39 is 14.0 Å². The van der Waals surface area contributed by atoms with Crippen LogP contribution >= 0.6 is 11.6 Å². The molecule has 0 atom stereocenters. The summed E-state index contributed by atoms with van der Waals surface area (Å²) in [5.74, 6) is 1.51. The normalized spacial score (nSPS) is 20.9. The molecule has 3 aliphatic rings. The van der Waals surface area contributed by atoms with Gasteiger partial charge in [-0.25, -0.2) is 19.9 Å². The Labute approximate surface area is 340 Å². The Morgan fingerprint density at radius 2 is 0.679 bits per heavy atom. The third-order valence-electron chi connectivity index (χ3n) is 11.5. The molecule has 0 spiro atoms. The first-order valence-corrected chi connectivity index (χ1v) is 19.7. The number of hydrogen-bond donors (Lipinski definition) is 0. The molecule has 0 amide bonds. The molecule has 3 saturated heterocycles. The highest BCUT2D eigenvalue weighted by atomic mass is 35.5. The molecule has 14 heteroatoms. The number of hydrogen-bond acceptors (Lipinski definition) is 10. The van der Waals surface area contributed by atoms with E-state index in [1.54, 1.807) is 0 Å². The topological polar surface area (TPSA) is 107 Å². The summed E-state index contributed by atoms with van der Waals surface area (Å²) in [6, 6.07) is 19.6. The molecule has 0 saturated carbocycles. The van der Waals surface area contributed by atoms with Gasteiger partial charge in [0.05, 0.1) is 33.6 Å². The third kappa shape index (κ3) is 9.75. The lowest BCUT2D eigenvalue weighted by Gasteiger charge is -2.32. The van der Waals surface area contributed by atoms with E-state index in [1.807, 2.05) is 144 Å². The van der Waals surface area contributed by atoms with Crippen LogP contribution in [-0.4, -0.2) is 74.7 Å². The fraction of sp³-hybridized carbons (Fsp3) is 0.524. The zero-order valence-electron chi connectivity index (χ0n) is 36.1. The van der Waals surface area contributed by atoms with Crippen molar-refractivity contribution in [2.75, 3.05) is 0 Å². The highest BCUT2D eigenvalue weighted by Crippen LogP contribution is 2.43. The van der Waals surface area contributed by atoms with Gasteiger partial charge in [0.1, 0.15) is 0 Å². The van der Waals surface area contributed by atoms with Gasteiger partial charge in [-0.15, -0.1) is 0 Å². The molecular formula is C42H58B3ClN4O6. The summed E-state index contributed by atoms with van der Waals surface area (Å²) in [6.07, 6.45) is 0. The van der Waals surface area contributed by atoms with Crippen molar-refractivity contribution in [2.45, 2.75) is 144 Å². The summed E-state index contributed by atoms with van der Waals surface area (Å²) in [7, 11) is -1.29. The van der Waals surface area contributed by atoms with E-state index in [9.17, 15) is 0 Å². The maximum absolute atomic E-state index is 6.08. The quantitative estimate of drug-likeness (QED) is 0.187. The van der Waals surface area contributed by atoms with Crippen molar-refractivity contribution < 1.29 is 27.9 Å². The molecule has 56 heavy (non-hydrogen) atoms. The van der Waals surface area contributed by atoms with Crippen molar-refractivity contribution in [3.63, 3.8) is 0 Å². The van der Waals surface area contributed by atoms with Gasteiger partial charge in [0.15, 0.2) is 11.6 Å². The first kappa shape index (κ1) is 44.0. The van der Waals surface area contributed by atoms with Crippen LogP contribution in [0.3, 0.4) is 0 Å². The van der Waals surface area contributed by atoms with E-state index in [0.29, 0.717) is 0 Å². The number of halogens is 1. The summed E-state index contributed by atoms with van der Waals surface area (Å²) >= 11 is 5.82. The zero-order valence-corrected chi connectivity index (χ0v) is 36.9. The minimum Gasteiger partial charge on any atom is -0.405 e. The summed E-state index contributed by atoms with van der Waals surface area (Å²) < 4.78 is 36.0. The van der Waals surface area contributed by atoms with Crippen molar-refractivity contribution >= 4 is 38.2 Å². The average Bonchev–Trinajstić information content (AvgIpc) is 3.54. The Morgan fingerprint density at radius 1 is 0.411 bits per heavy atom. The summed E-state index contributed by atoms with van der Waals surface area (Å²) in [5.41, 5.74) is 4.82. The van der Waals surface area contributed by atoms with Crippen LogP contribution in [0.15, 0.2) is 60.7 Å². The fourth-order valence-electron chi connectivity index (χ4n) is 6.08. The van der Waals surface area contributed by atoms with Gasteiger partial charge < -0.3 is 27.9 Å². The van der Waals surface area contributed by atoms with E-state index >= 15 is 0 Å². The number of aromatic nitrogens is 4. The van der Waals surface area contributed by atoms with Crippen LogP contribution in [-0.2, 0) is 27.9 Å². The molecule has 2 aromatic heterocycles. The van der Waals surface area contributed by atoms with Crippen molar-refractivity contribution in [3.8, 4) is 22.8 Å². The van der Waals surface area contributed by atoms with Crippen LogP contribution in [0.4, 0.5) is 0 Å². The molecule has 0 radical (unpaired) electrons. The molecule has 4 aromatic rings. The van der Waals surface area contributed by atoms with E-state index in [2.05, 4.69) is 47.6 Å². The van der Waals surface area contributed by atoms with Crippen molar-refractivity contribution in [2.24, 2.45) is 0 Å². The lowest BCUT2D eigenvalue weighted by atomic mass is 9.49. The van der Waals surface area contributed by atoms with Gasteiger partial charge in [-0.3, -0.25) is 0 Å². The molecule has 2 aromatic carbocycles. The Balaban J connectivity index is 0.000000165. The number of aryl methyl sites for hydroxylation is 4. The molecular weight excluding hydrogens is 724 g/mol. The van der Waals surface area contributed by atoms with Crippen LogP contribution in [0.25, 0.3) is 22.8 Å². The van der Waals surface area contributed by atoms with Crippen molar-refractivity contribution in [1.29, 1.82) is 0 Å². The smallest absolute Gasteiger partial charge is 0.405 e. The van der Waals surface area contributed by atoms with Gasteiger partial charge in [-0.1, -0.05) is 35.9 Å². The Bertz CT molecular complexity index is 1890. The van der Waals surface area contributed by atoms with Crippen molar-refractivity contribution in [3.05, 3.63) is 88.5 Å². The lowest BCUT2D eigenvalue weighted by Crippen LogP contribution is -2.41. The zero-order chi connectivity index (χ0) is 41.6. The number of nitrogens with zero attached hydrogens (tertiary/aromatic N) is 4. The van der Waals surface area contributed by atoms with Crippen LogP contribution < -0.4 is 5.46 Å². The van der Waals surface area contributed by atoms with Gasteiger partial charge in [-0.2, -0.15) is 0 Å². The second-order valence-corrected chi connectivity index (χ2v) is 18.4. The SMILES string of the molecule is CC1(C)OB(B2OC(C)(C)C(C)(C)O2)OC1(C)C.Cc1cc(C)nc(-c2ccc(B3OC(C)(C)C(C)(C)O3)cc2)n1.Cc1cc(C)nc(-c2ccc(Cl)cc2)n1.